The number of ether oxygens (including phenoxy) is 1. The number of benzene rings is 2. The molecule has 4 heteroatoms. The number of aromatic nitrogens is 1. The van der Waals surface area contributed by atoms with E-state index in [9.17, 15) is 4.39 Å². The fourth-order valence-corrected chi connectivity index (χ4v) is 3.94. The van der Waals surface area contributed by atoms with E-state index in [0.717, 1.165) is 41.9 Å². The van der Waals surface area contributed by atoms with Gasteiger partial charge in [0.1, 0.15) is 18.2 Å². The molecule has 4 rings (SSSR count). The summed E-state index contributed by atoms with van der Waals surface area (Å²) >= 11 is 0. The SMILES string of the molecule is Cc1cn(Cc2ccc(OCCN3CCCCC3)cc2)c2ccc(F)cc12. The van der Waals surface area contributed by atoms with Crippen LogP contribution in [0.2, 0.25) is 0 Å². The highest BCUT2D eigenvalue weighted by molar-refractivity contribution is 5.83. The fraction of sp³-hybridized carbons (Fsp3) is 0.391. The fourth-order valence-electron chi connectivity index (χ4n) is 3.94. The highest BCUT2D eigenvalue weighted by Gasteiger charge is 2.10. The van der Waals surface area contributed by atoms with Crippen molar-refractivity contribution in [3.8, 4) is 5.75 Å². The summed E-state index contributed by atoms with van der Waals surface area (Å²) in [6, 6.07) is 13.3. The summed E-state index contributed by atoms with van der Waals surface area (Å²) in [7, 11) is 0. The van der Waals surface area contributed by atoms with E-state index in [1.54, 1.807) is 6.07 Å². The number of rotatable bonds is 6. The molecule has 1 saturated heterocycles. The van der Waals surface area contributed by atoms with Crippen molar-refractivity contribution in [2.24, 2.45) is 0 Å². The van der Waals surface area contributed by atoms with E-state index >= 15 is 0 Å². The van der Waals surface area contributed by atoms with Crippen LogP contribution in [0.4, 0.5) is 4.39 Å². The summed E-state index contributed by atoms with van der Waals surface area (Å²) in [5, 5.41) is 0.979. The molecule has 0 N–H and O–H groups in total. The van der Waals surface area contributed by atoms with Crippen LogP contribution in [-0.4, -0.2) is 35.7 Å². The minimum Gasteiger partial charge on any atom is -0.492 e. The van der Waals surface area contributed by atoms with Gasteiger partial charge in [-0.05, 0) is 74.3 Å². The lowest BCUT2D eigenvalue weighted by molar-refractivity contribution is 0.183. The van der Waals surface area contributed by atoms with Gasteiger partial charge in [0, 0.05) is 30.2 Å². The Labute approximate surface area is 160 Å². The normalized spacial score (nSPS) is 15.3. The number of likely N-dealkylation sites (tertiary alicyclic amines) is 1. The molecule has 0 bridgehead atoms. The first kappa shape index (κ1) is 18.1. The zero-order chi connectivity index (χ0) is 18.6. The first-order valence-electron chi connectivity index (χ1n) is 9.88. The Morgan fingerprint density at radius 3 is 2.56 bits per heavy atom. The summed E-state index contributed by atoms with van der Waals surface area (Å²) in [6.45, 7) is 6.95. The molecule has 142 valence electrons. The molecule has 0 amide bonds. The Kier molecular flexibility index (Phi) is 5.44. The summed E-state index contributed by atoms with van der Waals surface area (Å²) < 4.78 is 21.6. The van der Waals surface area contributed by atoms with Crippen LogP contribution in [0.5, 0.6) is 5.75 Å². The molecule has 1 fully saturated rings. The van der Waals surface area contributed by atoms with Gasteiger partial charge < -0.3 is 9.30 Å². The van der Waals surface area contributed by atoms with E-state index in [0.29, 0.717) is 0 Å². The molecular formula is C23H27FN2O. The Morgan fingerprint density at radius 1 is 1.00 bits per heavy atom. The number of hydrogen-bond donors (Lipinski definition) is 0. The molecule has 3 nitrogen and oxygen atoms in total. The Bertz CT molecular complexity index is 895. The van der Waals surface area contributed by atoms with Gasteiger partial charge in [-0.15, -0.1) is 0 Å². The summed E-state index contributed by atoms with van der Waals surface area (Å²) in [5.41, 5.74) is 3.37. The van der Waals surface area contributed by atoms with Gasteiger partial charge in [0.25, 0.3) is 0 Å². The second-order valence-electron chi connectivity index (χ2n) is 7.50. The molecule has 2 heterocycles. The van der Waals surface area contributed by atoms with Crippen molar-refractivity contribution in [2.45, 2.75) is 32.7 Å². The molecule has 0 atom stereocenters. The van der Waals surface area contributed by atoms with Crippen molar-refractivity contribution >= 4 is 10.9 Å². The van der Waals surface area contributed by atoms with Crippen LogP contribution in [0.15, 0.2) is 48.7 Å². The number of aryl methyl sites for hydroxylation is 1. The molecular weight excluding hydrogens is 339 g/mol. The van der Waals surface area contributed by atoms with Crippen LogP contribution < -0.4 is 4.74 Å². The molecule has 1 aromatic heterocycles. The standard InChI is InChI=1S/C23H27FN2O/c1-18-16-26(23-10-7-20(24)15-22(18)23)17-19-5-8-21(9-6-19)27-14-13-25-11-3-2-4-12-25/h5-10,15-16H,2-4,11-14,17H2,1H3. The number of hydrogen-bond acceptors (Lipinski definition) is 2. The third kappa shape index (κ3) is 4.33. The van der Waals surface area contributed by atoms with Crippen molar-refractivity contribution < 1.29 is 9.13 Å². The van der Waals surface area contributed by atoms with Gasteiger partial charge in [0.2, 0.25) is 0 Å². The smallest absolute Gasteiger partial charge is 0.123 e. The first-order chi connectivity index (χ1) is 13.2. The van der Waals surface area contributed by atoms with E-state index in [4.69, 9.17) is 4.74 Å². The van der Waals surface area contributed by atoms with Gasteiger partial charge in [0.15, 0.2) is 0 Å². The van der Waals surface area contributed by atoms with Crippen molar-refractivity contribution in [1.82, 2.24) is 9.47 Å². The molecule has 1 aliphatic rings. The van der Waals surface area contributed by atoms with Crippen LogP contribution >= 0.6 is 0 Å². The molecule has 0 aliphatic carbocycles. The Balaban J connectivity index is 1.36. The van der Waals surface area contributed by atoms with E-state index in [2.05, 4.69) is 27.8 Å². The lowest BCUT2D eigenvalue weighted by atomic mass is 10.1. The minimum absolute atomic E-state index is 0.186. The topological polar surface area (TPSA) is 17.4 Å². The first-order valence-corrected chi connectivity index (χ1v) is 9.88. The Hall–Kier alpha value is -2.33. The van der Waals surface area contributed by atoms with Crippen LogP contribution in [0, 0.1) is 12.7 Å². The molecule has 0 unspecified atom stereocenters. The largest absolute Gasteiger partial charge is 0.492 e. The number of nitrogens with zero attached hydrogens (tertiary/aromatic N) is 2. The third-order valence-corrected chi connectivity index (χ3v) is 5.44. The lowest BCUT2D eigenvalue weighted by Gasteiger charge is -2.26. The van der Waals surface area contributed by atoms with Crippen molar-refractivity contribution in [2.75, 3.05) is 26.2 Å². The van der Waals surface area contributed by atoms with Crippen LogP contribution in [0.3, 0.4) is 0 Å². The number of piperidine rings is 1. The number of halogens is 1. The molecule has 0 spiro atoms. The molecule has 27 heavy (non-hydrogen) atoms. The van der Waals surface area contributed by atoms with Gasteiger partial charge in [-0.1, -0.05) is 18.6 Å². The Morgan fingerprint density at radius 2 is 1.78 bits per heavy atom. The summed E-state index contributed by atoms with van der Waals surface area (Å²) in [5.74, 6) is 0.737. The van der Waals surface area contributed by atoms with Gasteiger partial charge >= 0.3 is 0 Å². The maximum absolute atomic E-state index is 13.5. The average Bonchev–Trinajstić information content (AvgIpc) is 2.99. The highest BCUT2D eigenvalue weighted by atomic mass is 19.1. The average molecular weight is 366 g/mol. The summed E-state index contributed by atoms with van der Waals surface area (Å²) in [4.78, 5) is 2.49. The highest BCUT2D eigenvalue weighted by Crippen LogP contribution is 2.23. The van der Waals surface area contributed by atoms with Gasteiger partial charge in [-0.2, -0.15) is 0 Å². The van der Waals surface area contributed by atoms with E-state index in [1.807, 2.05) is 25.1 Å². The van der Waals surface area contributed by atoms with Crippen molar-refractivity contribution in [3.05, 3.63) is 65.6 Å². The van der Waals surface area contributed by atoms with Crippen LogP contribution in [0.25, 0.3) is 10.9 Å². The van der Waals surface area contributed by atoms with E-state index in [-0.39, 0.29) is 5.82 Å². The predicted molar refractivity (Wildman–Crippen MR) is 108 cm³/mol. The number of fused-ring (bicyclic) bond motifs is 1. The second-order valence-corrected chi connectivity index (χ2v) is 7.50. The lowest BCUT2D eigenvalue weighted by Crippen LogP contribution is -2.33. The summed E-state index contributed by atoms with van der Waals surface area (Å²) in [6.07, 6.45) is 6.08. The second kappa shape index (κ2) is 8.13. The van der Waals surface area contributed by atoms with E-state index < -0.39 is 0 Å². The van der Waals surface area contributed by atoms with Crippen LogP contribution in [-0.2, 0) is 6.54 Å². The predicted octanol–water partition coefficient (Wildman–Crippen LogP) is 5.00. The van der Waals surface area contributed by atoms with Gasteiger partial charge in [0.05, 0.1) is 0 Å². The maximum atomic E-state index is 13.5. The monoisotopic (exact) mass is 366 g/mol. The zero-order valence-corrected chi connectivity index (χ0v) is 16.0. The minimum atomic E-state index is -0.186. The van der Waals surface area contributed by atoms with Crippen LogP contribution in [0.1, 0.15) is 30.4 Å². The third-order valence-electron chi connectivity index (χ3n) is 5.44. The van der Waals surface area contributed by atoms with Crippen molar-refractivity contribution in [1.29, 1.82) is 0 Å². The molecule has 2 aromatic carbocycles. The quantitative estimate of drug-likeness (QED) is 0.611. The van der Waals surface area contributed by atoms with Gasteiger partial charge in [-0.25, -0.2) is 4.39 Å². The van der Waals surface area contributed by atoms with Gasteiger partial charge in [-0.3, -0.25) is 4.90 Å². The molecule has 3 aromatic rings. The van der Waals surface area contributed by atoms with Crippen molar-refractivity contribution in [3.63, 3.8) is 0 Å². The maximum Gasteiger partial charge on any atom is 0.123 e. The molecule has 0 saturated carbocycles. The van der Waals surface area contributed by atoms with E-state index in [1.165, 1.54) is 44.0 Å². The molecule has 0 radical (unpaired) electrons. The zero-order valence-electron chi connectivity index (χ0n) is 16.0. The molecule has 1 aliphatic heterocycles.